The molecule has 4 aromatic rings. The number of benzene rings is 4. The second-order valence-electron chi connectivity index (χ2n) is 7.99. The molecule has 36 heavy (non-hydrogen) atoms. The van der Waals surface area contributed by atoms with Crippen molar-refractivity contribution in [2.24, 2.45) is 0 Å². The van der Waals surface area contributed by atoms with E-state index >= 15 is 0 Å². The molecule has 0 heterocycles. The van der Waals surface area contributed by atoms with Crippen molar-refractivity contribution >= 4 is 35.0 Å². The Bertz CT molecular complexity index is 1180. The Morgan fingerprint density at radius 1 is 0.472 bits per heavy atom. The molecule has 0 aliphatic heterocycles. The molecule has 182 valence electrons. The summed E-state index contributed by atoms with van der Waals surface area (Å²) in [5, 5.41) is 1.21. The maximum atomic E-state index is 12.6. The van der Waals surface area contributed by atoms with Crippen LogP contribution in [0.15, 0.2) is 109 Å². The van der Waals surface area contributed by atoms with Gasteiger partial charge in [-0.25, -0.2) is 10.9 Å². The van der Waals surface area contributed by atoms with E-state index < -0.39 is 11.8 Å². The number of hydrazine groups is 2. The zero-order chi connectivity index (χ0) is 25.3. The lowest BCUT2D eigenvalue weighted by molar-refractivity contribution is -0.140. The molecular weight excluding hydrogens is 495 g/mol. The van der Waals surface area contributed by atoms with Crippen molar-refractivity contribution in [2.75, 3.05) is 0 Å². The number of carbonyl (C=O) groups is 2. The predicted molar refractivity (Wildman–Crippen MR) is 142 cm³/mol. The van der Waals surface area contributed by atoms with Crippen LogP contribution in [0.2, 0.25) is 10.0 Å². The van der Waals surface area contributed by atoms with E-state index in [1.165, 1.54) is 0 Å². The first-order valence-electron chi connectivity index (χ1n) is 11.2. The maximum Gasteiger partial charge on any atom is 0.324 e. The molecule has 2 amide bonds. The smallest absolute Gasteiger partial charge is 0.282 e. The van der Waals surface area contributed by atoms with Crippen LogP contribution in [0.5, 0.6) is 0 Å². The fraction of sp³-hybridized carbons (Fsp3) is 0.0714. The Balaban J connectivity index is 1.43. The van der Waals surface area contributed by atoms with Gasteiger partial charge in [-0.15, -0.1) is 0 Å². The third-order valence-corrected chi connectivity index (χ3v) is 6.04. The summed E-state index contributed by atoms with van der Waals surface area (Å²) in [4.78, 5) is 25.3. The van der Waals surface area contributed by atoms with Gasteiger partial charge in [0.15, 0.2) is 0 Å². The van der Waals surface area contributed by atoms with Crippen LogP contribution in [0.25, 0.3) is 0 Å². The van der Waals surface area contributed by atoms with E-state index in [1.54, 1.807) is 24.3 Å². The van der Waals surface area contributed by atoms with E-state index in [0.717, 1.165) is 22.3 Å². The van der Waals surface area contributed by atoms with Gasteiger partial charge in [-0.3, -0.25) is 20.4 Å². The predicted octanol–water partition coefficient (Wildman–Crippen LogP) is 5.11. The average molecular weight is 519 g/mol. The Labute approximate surface area is 219 Å². The molecule has 0 spiro atoms. The maximum absolute atomic E-state index is 12.6. The van der Waals surface area contributed by atoms with E-state index in [9.17, 15) is 9.59 Å². The second kappa shape index (κ2) is 12.3. The van der Waals surface area contributed by atoms with Crippen molar-refractivity contribution in [2.45, 2.75) is 12.1 Å². The van der Waals surface area contributed by atoms with Gasteiger partial charge in [-0.2, -0.15) is 0 Å². The summed E-state index contributed by atoms with van der Waals surface area (Å²) in [5.41, 5.74) is 14.5. The van der Waals surface area contributed by atoms with Gasteiger partial charge in [0.1, 0.15) is 0 Å². The summed E-state index contributed by atoms with van der Waals surface area (Å²) in [5.74, 6) is -1.69. The van der Waals surface area contributed by atoms with Crippen LogP contribution < -0.4 is 21.7 Å². The van der Waals surface area contributed by atoms with Gasteiger partial charge in [0.25, 0.3) is 0 Å². The zero-order valence-corrected chi connectivity index (χ0v) is 20.6. The molecule has 4 rings (SSSR count). The Morgan fingerprint density at radius 3 is 1.11 bits per heavy atom. The first kappa shape index (κ1) is 25.4. The van der Waals surface area contributed by atoms with Gasteiger partial charge >= 0.3 is 11.8 Å². The van der Waals surface area contributed by atoms with E-state index in [-0.39, 0.29) is 12.1 Å². The van der Waals surface area contributed by atoms with Crippen molar-refractivity contribution in [3.63, 3.8) is 0 Å². The number of halogens is 2. The SMILES string of the molecule is O=C(NNC(c1ccccc1)c1ccc(Cl)cc1)C(=O)NNC(c1ccccc1)c1ccc(Cl)cc1. The van der Waals surface area contributed by atoms with Crippen LogP contribution in [-0.4, -0.2) is 11.8 Å². The Hall–Kier alpha value is -3.68. The number of nitrogens with one attached hydrogen (secondary N) is 4. The molecule has 2 unspecified atom stereocenters. The molecule has 0 aromatic heterocycles. The second-order valence-corrected chi connectivity index (χ2v) is 8.86. The van der Waals surface area contributed by atoms with Crippen molar-refractivity contribution in [3.05, 3.63) is 141 Å². The highest BCUT2D eigenvalue weighted by Crippen LogP contribution is 2.24. The molecule has 4 aromatic carbocycles. The summed E-state index contributed by atoms with van der Waals surface area (Å²) < 4.78 is 0. The molecule has 0 bridgehead atoms. The minimum atomic E-state index is -0.847. The van der Waals surface area contributed by atoms with E-state index in [4.69, 9.17) is 23.2 Å². The van der Waals surface area contributed by atoms with Crippen molar-refractivity contribution in [3.8, 4) is 0 Å². The van der Waals surface area contributed by atoms with Gasteiger partial charge in [0.2, 0.25) is 0 Å². The molecule has 0 saturated carbocycles. The highest BCUT2D eigenvalue weighted by Gasteiger charge is 2.20. The number of rotatable bonds is 8. The van der Waals surface area contributed by atoms with Crippen LogP contribution in [0.4, 0.5) is 0 Å². The van der Waals surface area contributed by atoms with Crippen molar-refractivity contribution in [1.29, 1.82) is 0 Å². The lowest BCUT2D eigenvalue weighted by Crippen LogP contribution is -2.51. The number of amides is 2. The molecule has 4 N–H and O–H groups in total. The van der Waals surface area contributed by atoms with Gasteiger partial charge in [-0.05, 0) is 46.5 Å². The fourth-order valence-corrected chi connectivity index (χ4v) is 3.96. The largest absolute Gasteiger partial charge is 0.324 e. The molecule has 0 aliphatic carbocycles. The molecule has 6 nitrogen and oxygen atoms in total. The van der Waals surface area contributed by atoms with Crippen LogP contribution in [0.3, 0.4) is 0 Å². The molecule has 2 atom stereocenters. The molecule has 0 fully saturated rings. The van der Waals surface area contributed by atoms with Gasteiger partial charge in [0.05, 0.1) is 12.1 Å². The summed E-state index contributed by atoms with van der Waals surface area (Å²) in [6.07, 6.45) is 0. The highest BCUT2D eigenvalue weighted by molar-refractivity contribution is 6.34. The third kappa shape index (κ3) is 6.71. The molecular formula is C28H24Cl2N4O2. The number of hydrogen-bond acceptors (Lipinski definition) is 4. The lowest BCUT2D eigenvalue weighted by Gasteiger charge is -2.22. The fourth-order valence-electron chi connectivity index (χ4n) is 3.71. The molecule has 0 aliphatic rings. The van der Waals surface area contributed by atoms with Gasteiger partial charge in [-0.1, -0.05) is 108 Å². The molecule has 0 saturated heterocycles. The van der Waals surface area contributed by atoms with Crippen molar-refractivity contribution < 1.29 is 9.59 Å². The number of carbonyl (C=O) groups excluding carboxylic acids is 2. The van der Waals surface area contributed by atoms with Gasteiger partial charge in [0, 0.05) is 10.0 Å². The summed E-state index contributed by atoms with van der Waals surface area (Å²) in [6.45, 7) is 0. The van der Waals surface area contributed by atoms with E-state index in [0.29, 0.717) is 10.0 Å². The molecule has 0 radical (unpaired) electrons. The molecule has 8 heteroatoms. The minimum Gasteiger partial charge on any atom is -0.282 e. The van der Waals surface area contributed by atoms with Crippen LogP contribution >= 0.6 is 23.2 Å². The van der Waals surface area contributed by atoms with Crippen LogP contribution in [-0.2, 0) is 9.59 Å². The Morgan fingerprint density at radius 2 is 0.778 bits per heavy atom. The van der Waals surface area contributed by atoms with Crippen LogP contribution in [0.1, 0.15) is 34.3 Å². The monoisotopic (exact) mass is 518 g/mol. The van der Waals surface area contributed by atoms with E-state index in [2.05, 4.69) is 21.7 Å². The normalized spacial score (nSPS) is 12.4. The quantitative estimate of drug-likeness (QED) is 0.193. The Kier molecular flexibility index (Phi) is 8.71. The topological polar surface area (TPSA) is 82.3 Å². The zero-order valence-electron chi connectivity index (χ0n) is 19.1. The average Bonchev–Trinajstić information content (AvgIpc) is 2.92. The number of hydrogen-bond donors (Lipinski definition) is 4. The first-order valence-corrected chi connectivity index (χ1v) is 12.0. The first-order chi connectivity index (χ1) is 17.5. The highest BCUT2D eigenvalue weighted by atomic mass is 35.5. The van der Waals surface area contributed by atoms with E-state index in [1.807, 2.05) is 84.9 Å². The van der Waals surface area contributed by atoms with Gasteiger partial charge < -0.3 is 0 Å². The minimum absolute atomic E-state index is 0.390. The summed E-state index contributed by atoms with van der Waals surface area (Å²) in [7, 11) is 0. The van der Waals surface area contributed by atoms with Crippen LogP contribution in [0, 0.1) is 0 Å². The summed E-state index contributed by atoms with van der Waals surface area (Å²) in [6, 6.07) is 32.9. The van der Waals surface area contributed by atoms with Crippen molar-refractivity contribution in [1.82, 2.24) is 21.7 Å². The standard InChI is InChI=1S/C28H24Cl2N4O2/c29-23-15-11-21(12-16-23)25(19-7-3-1-4-8-19)31-33-27(35)28(36)34-32-26(20-9-5-2-6-10-20)22-13-17-24(30)18-14-22/h1-18,25-26,31-32H,(H,33,35)(H,34,36). The summed E-state index contributed by atoms with van der Waals surface area (Å²) >= 11 is 12.1. The third-order valence-electron chi connectivity index (χ3n) is 5.54. The lowest BCUT2D eigenvalue weighted by atomic mass is 9.99.